The Labute approximate surface area is 142 Å². The van der Waals surface area contributed by atoms with Crippen molar-refractivity contribution in [2.75, 3.05) is 39.6 Å². The topological polar surface area (TPSA) is 132 Å². The van der Waals surface area contributed by atoms with E-state index < -0.39 is 12.2 Å². The highest BCUT2D eigenvalue weighted by Crippen LogP contribution is 2.09. The lowest BCUT2D eigenvalue weighted by Gasteiger charge is -2.27. The van der Waals surface area contributed by atoms with E-state index in [-0.39, 0.29) is 65.3 Å². The third-order valence-corrected chi connectivity index (χ3v) is 2.79. The molecule has 0 aliphatic rings. The molecule has 0 amide bonds. The quantitative estimate of drug-likeness (QED) is 0.411. The molecular weight excluding hydrogens is 312 g/mol. The Hall–Kier alpha value is -2.20. The van der Waals surface area contributed by atoms with Crippen LogP contribution in [0, 0.1) is 45.3 Å². The van der Waals surface area contributed by atoms with Gasteiger partial charge in [0.05, 0.1) is 89.6 Å². The molecule has 130 valence electrons. The molecule has 0 rings (SSSR count). The van der Waals surface area contributed by atoms with Crippen LogP contribution in [0.3, 0.4) is 0 Å². The SMILES string of the molecule is N#CCCOCC(OCCC#N)C(COCCC#N)OCCC#N. The van der Waals surface area contributed by atoms with Crippen molar-refractivity contribution in [3.63, 3.8) is 0 Å². The van der Waals surface area contributed by atoms with Gasteiger partial charge in [-0.3, -0.25) is 0 Å². The summed E-state index contributed by atoms with van der Waals surface area (Å²) < 4.78 is 22.1. The van der Waals surface area contributed by atoms with E-state index in [9.17, 15) is 0 Å². The molecular formula is C16H22N4O4. The standard InChI is InChI=1S/C16H22N4O4/c17-5-1-9-21-13-15(23-11-3-7-19)16(24-12-4-8-20)14-22-10-2-6-18/h15-16H,1-4,9-14H2. The molecule has 0 aromatic rings. The number of hydrogen-bond donors (Lipinski definition) is 0. The van der Waals surface area contributed by atoms with E-state index >= 15 is 0 Å². The van der Waals surface area contributed by atoms with Gasteiger partial charge in [-0.15, -0.1) is 0 Å². The second-order valence-corrected chi connectivity index (χ2v) is 4.60. The summed E-state index contributed by atoms with van der Waals surface area (Å²) in [5.41, 5.74) is 0. The zero-order chi connectivity index (χ0) is 17.9. The molecule has 0 spiro atoms. The van der Waals surface area contributed by atoms with Gasteiger partial charge in [0.1, 0.15) is 12.2 Å². The monoisotopic (exact) mass is 334 g/mol. The average Bonchev–Trinajstić information content (AvgIpc) is 2.59. The summed E-state index contributed by atoms with van der Waals surface area (Å²) in [5.74, 6) is 0. The lowest BCUT2D eigenvalue weighted by molar-refractivity contribution is -0.125. The van der Waals surface area contributed by atoms with Crippen LogP contribution in [0.4, 0.5) is 0 Å². The molecule has 8 nitrogen and oxygen atoms in total. The van der Waals surface area contributed by atoms with E-state index in [2.05, 4.69) is 0 Å². The van der Waals surface area contributed by atoms with Crippen molar-refractivity contribution in [3.05, 3.63) is 0 Å². The first-order valence-electron chi connectivity index (χ1n) is 7.66. The summed E-state index contributed by atoms with van der Waals surface area (Å²) >= 11 is 0. The van der Waals surface area contributed by atoms with Crippen molar-refractivity contribution in [2.24, 2.45) is 0 Å². The Morgan fingerprint density at radius 3 is 1.21 bits per heavy atom. The fraction of sp³-hybridized carbons (Fsp3) is 0.750. The fourth-order valence-corrected chi connectivity index (χ4v) is 1.67. The molecule has 0 aromatic heterocycles. The molecule has 0 fully saturated rings. The van der Waals surface area contributed by atoms with Crippen molar-refractivity contribution >= 4 is 0 Å². The van der Waals surface area contributed by atoms with E-state index in [4.69, 9.17) is 40.0 Å². The Morgan fingerprint density at radius 1 is 0.542 bits per heavy atom. The number of rotatable bonds is 15. The Morgan fingerprint density at radius 2 is 0.875 bits per heavy atom. The number of ether oxygens (including phenoxy) is 4. The Bertz CT molecular complexity index is 428. The van der Waals surface area contributed by atoms with Gasteiger partial charge in [-0.25, -0.2) is 0 Å². The van der Waals surface area contributed by atoms with E-state index in [1.54, 1.807) is 0 Å². The first-order chi connectivity index (χ1) is 11.8. The molecule has 0 bridgehead atoms. The molecule has 24 heavy (non-hydrogen) atoms. The molecule has 0 aliphatic heterocycles. The number of nitriles is 4. The van der Waals surface area contributed by atoms with Gasteiger partial charge in [0.2, 0.25) is 0 Å². The highest BCUT2D eigenvalue weighted by molar-refractivity contribution is 4.76. The van der Waals surface area contributed by atoms with Crippen molar-refractivity contribution < 1.29 is 18.9 Å². The summed E-state index contributed by atoms with van der Waals surface area (Å²) in [4.78, 5) is 0. The van der Waals surface area contributed by atoms with E-state index in [0.717, 1.165) is 0 Å². The summed E-state index contributed by atoms with van der Waals surface area (Å²) in [6, 6.07) is 7.94. The molecule has 0 heterocycles. The fourth-order valence-electron chi connectivity index (χ4n) is 1.67. The van der Waals surface area contributed by atoms with Crippen molar-refractivity contribution in [1.82, 2.24) is 0 Å². The zero-order valence-corrected chi connectivity index (χ0v) is 13.6. The van der Waals surface area contributed by atoms with Crippen LogP contribution in [-0.2, 0) is 18.9 Å². The smallest absolute Gasteiger partial charge is 0.109 e. The molecule has 2 atom stereocenters. The van der Waals surface area contributed by atoms with Gasteiger partial charge >= 0.3 is 0 Å². The van der Waals surface area contributed by atoms with E-state index in [1.165, 1.54) is 0 Å². The molecule has 0 aromatic carbocycles. The Balaban J connectivity index is 4.59. The van der Waals surface area contributed by atoms with Gasteiger partial charge in [0.15, 0.2) is 0 Å². The second-order valence-electron chi connectivity index (χ2n) is 4.60. The zero-order valence-electron chi connectivity index (χ0n) is 13.6. The lowest BCUT2D eigenvalue weighted by Crippen LogP contribution is -2.39. The van der Waals surface area contributed by atoms with Crippen LogP contribution in [0.25, 0.3) is 0 Å². The van der Waals surface area contributed by atoms with Gasteiger partial charge in [-0.1, -0.05) is 0 Å². The number of hydrogen-bond acceptors (Lipinski definition) is 8. The first kappa shape index (κ1) is 21.8. The third-order valence-electron chi connectivity index (χ3n) is 2.79. The second kappa shape index (κ2) is 17.2. The van der Waals surface area contributed by atoms with Gasteiger partial charge in [0.25, 0.3) is 0 Å². The normalized spacial score (nSPS) is 12.3. The van der Waals surface area contributed by atoms with Crippen LogP contribution in [0.5, 0.6) is 0 Å². The van der Waals surface area contributed by atoms with Gasteiger partial charge in [0, 0.05) is 0 Å². The van der Waals surface area contributed by atoms with Crippen molar-refractivity contribution in [2.45, 2.75) is 37.9 Å². The minimum Gasteiger partial charge on any atom is -0.378 e. The predicted molar refractivity (Wildman–Crippen MR) is 82.0 cm³/mol. The van der Waals surface area contributed by atoms with Crippen LogP contribution < -0.4 is 0 Å². The lowest BCUT2D eigenvalue weighted by atomic mass is 10.2. The maximum Gasteiger partial charge on any atom is 0.109 e. The maximum atomic E-state index is 8.62. The minimum atomic E-state index is -0.488. The van der Waals surface area contributed by atoms with E-state index in [0.29, 0.717) is 0 Å². The Kier molecular flexibility index (Phi) is 15.6. The first-order valence-corrected chi connectivity index (χ1v) is 7.66. The highest BCUT2D eigenvalue weighted by Gasteiger charge is 2.24. The third kappa shape index (κ3) is 12.4. The van der Waals surface area contributed by atoms with Crippen LogP contribution in [0.2, 0.25) is 0 Å². The highest BCUT2D eigenvalue weighted by atomic mass is 16.6. The van der Waals surface area contributed by atoms with E-state index in [1.807, 2.05) is 24.3 Å². The molecule has 2 unspecified atom stereocenters. The van der Waals surface area contributed by atoms with Gasteiger partial charge in [-0.05, 0) is 0 Å². The molecule has 8 heteroatoms. The summed E-state index contributed by atoms with van der Waals surface area (Å²) in [6.07, 6.45) is 0.0207. The van der Waals surface area contributed by atoms with Gasteiger partial charge < -0.3 is 18.9 Å². The predicted octanol–water partition coefficient (Wildman–Crippen LogP) is 1.44. The molecule has 0 saturated heterocycles. The van der Waals surface area contributed by atoms with Crippen molar-refractivity contribution in [3.8, 4) is 24.3 Å². The minimum absolute atomic E-state index is 0.186. The summed E-state index contributed by atoms with van der Waals surface area (Å²) in [6.45, 7) is 1.36. The van der Waals surface area contributed by atoms with Crippen LogP contribution >= 0.6 is 0 Å². The molecule has 0 saturated carbocycles. The molecule has 0 radical (unpaired) electrons. The number of nitrogens with zero attached hydrogens (tertiary/aromatic N) is 4. The summed E-state index contributed by atoms with van der Waals surface area (Å²) in [5, 5.41) is 34.3. The van der Waals surface area contributed by atoms with Gasteiger partial charge in [-0.2, -0.15) is 21.0 Å². The largest absolute Gasteiger partial charge is 0.378 e. The molecule has 0 N–H and O–H groups in total. The maximum absolute atomic E-state index is 8.62. The summed E-state index contributed by atoms with van der Waals surface area (Å²) in [7, 11) is 0. The van der Waals surface area contributed by atoms with Crippen LogP contribution in [0.15, 0.2) is 0 Å². The average molecular weight is 334 g/mol. The molecule has 0 aliphatic carbocycles. The van der Waals surface area contributed by atoms with Crippen molar-refractivity contribution in [1.29, 1.82) is 21.0 Å². The van der Waals surface area contributed by atoms with Crippen LogP contribution in [-0.4, -0.2) is 51.8 Å². The van der Waals surface area contributed by atoms with Crippen LogP contribution in [0.1, 0.15) is 25.7 Å².